The summed E-state index contributed by atoms with van der Waals surface area (Å²) in [4.78, 5) is 38.1. The molecule has 6 nitrogen and oxygen atoms in total. The summed E-state index contributed by atoms with van der Waals surface area (Å²) in [5.41, 5.74) is 3.43. The zero-order valence-corrected chi connectivity index (χ0v) is 16.2. The van der Waals surface area contributed by atoms with Gasteiger partial charge in [-0.05, 0) is 36.6 Å². The Morgan fingerprint density at radius 2 is 1.96 bits per heavy atom. The van der Waals surface area contributed by atoms with Gasteiger partial charge in [0.1, 0.15) is 5.75 Å². The minimum atomic E-state index is -0.329. The minimum absolute atomic E-state index is 0.0879. The summed E-state index contributed by atoms with van der Waals surface area (Å²) >= 11 is 0. The summed E-state index contributed by atoms with van der Waals surface area (Å²) < 4.78 is 5.34. The number of nitrogens with zero attached hydrogens (tertiary/aromatic N) is 1. The Hall–Kier alpha value is -3.15. The molecule has 1 heterocycles. The van der Waals surface area contributed by atoms with Crippen LogP contribution in [0, 0.1) is 6.92 Å². The summed E-state index contributed by atoms with van der Waals surface area (Å²) in [5.74, 6) is 0.0132. The van der Waals surface area contributed by atoms with E-state index in [4.69, 9.17) is 4.74 Å². The predicted molar refractivity (Wildman–Crippen MR) is 105 cm³/mol. The number of ether oxygens (including phenoxy) is 1. The van der Waals surface area contributed by atoms with Gasteiger partial charge in [-0.3, -0.25) is 19.3 Å². The first kappa shape index (κ1) is 19.6. The van der Waals surface area contributed by atoms with Crippen LogP contribution in [0.5, 0.6) is 5.75 Å². The van der Waals surface area contributed by atoms with Gasteiger partial charge in [0.15, 0.2) is 0 Å². The fourth-order valence-corrected chi connectivity index (χ4v) is 3.37. The van der Waals surface area contributed by atoms with E-state index in [9.17, 15) is 14.4 Å². The van der Waals surface area contributed by atoms with Crippen LogP contribution in [-0.2, 0) is 22.4 Å². The van der Waals surface area contributed by atoms with Crippen molar-refractivity contribution in [2.45, 2.75) is 26.2 Å². The molecule has 1 N–H and O–H groups in total. The number of carbonyl (C=O) groups is 3. The van der Waals surface area contributed by atoms with Crippen molar-refractivity contribution in [1.29, 1.82) is 0 Å². The molecule has 0 bridgehead atoms. The largest absolute Gasteiger partial charge is 0.496 e. The molecular formula is C22H24N2O4. The van der Waals surface area contributed by atoms with Crippen molar-refractivity contribution in [3.63, 3.8) is 0 Å². The summed E-state index contributed by atoms with van der Waals surface area (Å²) in [6.45, 7) is 2.56. The number of imide groups is 1. The van der Waals surface area contributed by atoms with E-state index in [0.29, 0.717) is 18.5 Å². The van der Waals surface area contributed by atoms with Crippen molar-refractivity contribution in [3.8, 4) is 5.75 Å². The molecule has 2 aromatic rings. The van der Waals surface area contributed by atoms with Crippen LogP contribution < -0.4 is 10.1 Å². The molecular weight excluding hydrogens is 356 g/mol. The molecule has 0 atom stereocenters. The second-order valence-electron chi connectivity index (χ2n) is 6.85. The predicted octanol–water partition coefficient (Wildman–Crippen LogP) is 2.28. The molecule has 28 heavy (non-hydrogen) atoms. The Labute approximate surface area is 164 Å². The third kappa shape index (κ3) is 4.39. The first-order valence-electron chi connectivity index (χ1n) is 9.32. The van der Waals surface area contributed by atoms with Crippen molar-refractivity contribution in [2.24, 2.45) is 0 Å². The number of rotatable bonds is 7. The molecule has 0 saturated heterocycles. The van der Waals surface area contributed by atoms with Crippen LogP contribution in [0.15, 0.2) is 42.5 Å². The van der Waals surface area contributed by atoms with Gasteiger partial charge in [-0.25, -0.2) is 0 Å². The zero-order valence-electron chi connectivity index (χ0n) is 16.2. The lowest BCUT2D eigenvalue weighted by Crippen LogP contribution is -2.44. The highest BCUT2D eigenvalue weighted by Gasteiger charge is 2.30. The number of methoxy groups -OCH3 is 1. The molecule has 146 valence electrons. The summed E-state index contributed by atoms with van der Waals surface area (Å²) in [6.07, 6.45) is 0.923. The molecule has 6 heteroatoms. The minimum Gasteiger partial charge on any atom is -0.496 e. The van der Waals surface area contributed by atoms with Crippen LogP contribution in [0.25, 0.3) is 0 Å². The van der Waals surface area contributed by atoms with E-state index in [1.165, 1.54) is 4.90 Å². The van der Waals surface area contributed by atoms with Crippen LogP contribution in [-0.4, -0.2) is 42.8 Å². The Morgan fingerprint density at radius 3 is 2.75 bits per heavy atom. The van der Waals surface area contributed by atoms with Gasteiger partial charge in [0.2, 0.25) is 11.8 Å². The monoisotopic (exact) mass is 380 g/mol. The Kier molecular flexibility index (Phi) is 6.09. The third-order valence-corrected chi connectivity index (χ3v) is 4.85. The van der Waals surface area contributed by atoms with E-state index in [-0.39, 0.29) is 37.1 Å². The van der Waals surface area contributed by atoms with Gasteiger partial charge < -0.3 is 10.1 Å². The fraction of sp³-hybridized carbons (Fsp3) is 0.318. The van der Waals surface area contributed by atoms with Gasteiger partial charge in [-0.2, -0.15) is 0 Å². The third-order valence-electron chi connectivity index (χ3n) is 4.85. The maximum atomic E-state index is 12.5. The normalized spacial score (nSPS) is 13.3. The SMILES string of the molecule is COc1ccc(C)cc1CCNC(=O)CCN1C(=O)Cc2ccccc2C1=O. The molecule has 1 aliphatic heterocycles. The molecule has 2 aromatic carbocycles. The number of amides is 3. The van der Waals surface area contributed by atoms with Gasteiger partial charge in [0, 0.05) is 25.1 Å². The molecule has 0 fully saturated rings. The summed E-state index contributed by atoms with van der Waals surface area (Å²) in [7, 11) is 1.62. The molecule has 0 radical (unpaired) electrons. The van der Waals surface area contributed by atoms with Gasteiger partial charge >= 0.3 is 0 Å². The maximum Gasteiger partial charge on any atom is 0.260 e. The van der Waals surface area contributed by atoms with Crippen molar-refractivity contribution in [2.75, 3.05) is 20.2 Å². The lowest BCUT2D eigenvalue weighted by molar-refractivity contribution is -0.129. The highest BCUT2D eigenvalue weighted by atomic mass is 16.5. The summed E-state index contributed by atoms with van der Waals surface area (Å²) in [6, 6.07) is 13.0. The van der Waals surface area contributed by atoms with Gasteiger partial charge in [0.05, 0.1) is 13.5 Å². The molecule has 3 rings (SSSR count). The van der Waals surface area contributed by atoms with E-state index < -0.39 is 0 Å². The molecule has 0 unspecified atom stereocenters. The molecule has 0 aliphatic carbocycles. The molecule has 3 amide bonds. The quantitative estimate of drug-likeness (QED) is 0.748. The Balaban J connectivity index is 1.50. The highest BCUT2D eigenvalue weighted by molar-refractivity contribution is 6.09. The second-order valence-corrected chi connectivity index (χ2v) is 6.85. The summed E-state index contributed by atoms with van der Waals surface area (Å²) in [5, 5.41) is 2.85. The van der Waals surface area contributed by atoms with Crippen LogP contribution in [0.1, 0.15) is 33.5 Å². The van der Waals surface area contributed by atoms with E-state index in [1.807, 2.05) is 31.2 Å². The number of hydrogen-bond donors (Lipinski definition) is 1. The van der Waals surface area contributed by atoms with Crippen LogP contribution in [0.2, 0.25) is 0 Å². The number of carbonyl (C=O) groups excluding carboxylic acids is 3. The number of nitrogens with one attached hydrogen (secondary N) is 1. The maximum absolute atomic E-state index is 12.5. The first-order chi connectivity index (χ1) is 13.5. The van der Waals surface area contributed by atoms with E-state index >= 15 is 0 Å². The average Bonchev–Trinajstić information content (AvgIpc) is 2.68. The smallest absolute Gasteiger partial charge is 0.260 e. The molecule has 0 spiro atoms. The second kappa shape index (κ2) is 8.69. The number of fused-ring (bicyclic) bond motifs is 1. The molecule has 0 saturated carbocycles. The lowest BCUT2D eigenvalue weighted by Gasteiger charge is -2.26. The highest BCUT2D eigenvalue weighted by Crippen LogP contribution is 2.20. The Morgan fingerprint density at radius 1 is 1.18 bits per heavy atom. The van der Waals surface area contributed by atoms with Gasteiger partial charge in [-0.1, -0.05) is 35.9 Å². The fourth-order valence-electron chi connectivity index (χ4n) is 3.37. The van der Waals surface area contributed by atoms with Crippen molar-refractivity contribution in [1.82, 2.24) is 10.2 Å². The zero-order chi connectivity index (χ0) is 20.1. The van der Waals surface area contributed by atoms with Gasteiger partial charge in [-0.15, -0.1) is 0 Å². The Bertz CT molecular complexity index is 907. The average molecular weight is 380 g/mol. The van der Waals surface area contributed by atoms with Gasteiger partial charge in [0.25, 0.3) is 5.91 Å². The number of hydrogen-bond acceptors (Lipinski definition) is 4. The first-order valence-corrected chi connectivity index (χ1v) is 9.32. The van der Waals surface area contributed by atoms with Crippen LogP contribution in [0.4, 0.5) is 0 Å². The van der Waals surface area contributed by atoms with Crippen molar-refractivity contribution >= 4 is 17.7 Å². The molecule has 1 aliphatic rings. The van der Waals surface area contributed by atoms with E-state index in [2.05, 4.69) is 5.32 Å². The lowest BCUT2D eigenvalue weighted by atomic mass is 9.98. The number of aryl methyl sites for hydroxylation is 1. The number of benzene rings is 2. The van der Waals surface area contributed by atoms with E-state index in [1.54, 1.807) is 25.3 Å². The van der Waals surface area contributed by atoms with E-state index in [0.717, 1.165) is 22.4 Å². The van der Waals surface area contributed by atoms with Crippen molar-refractivity contribution < 1.29 is 19.1 Å². The van der Waals surface area contributed by atoms with Crippen LogP contribution in [0.3, 0.4) is 0 Å². The van der Waals surface area contributed by atoms with Crippen molar-refractivity contribution in [3.05, 3.63) is 64.7 Å². The standard InChI is InChI=1S/C22H24N2O4/c1-15-7-8-19(28-2)17(13-15)9-11-23-20(25)10-12-24-21(26)14-16-5-3-4-6-18(16)22(24)27/h3-8,13H,9-12,14H2,1-2H3,(H,23,25). The topological polar surface area (TPSA) is 75.7 Å². The molecule has 0 aromatic heterocycles. The van der Waals surface area contributed by atoms with Crippen LogP contribution >= 0.6 is 0 Å².